The van der Waals surface area contributed by atoms with E-state index in [4.69, 9.17) is 4.74 Å². The maximum atomic E-state index is 5.84. The molecule has 0 saturated carbocycles. The SMILES string of the molecule is CC(C)CNCC1CN(CCN(C)CC(C)C)CCO1. The highest BCUT2D eigenvalue weighted by molar-refractivity contribution is 4.74. The molecule has 1 saturated heterocycles. The molecule has 1 aliphatic rings. The Labute approximate surface area is 125 Å². The number of nitrogens with zero attached hydrogens (tertiary/aromatic N) is 2. The second-order valence-electron chi connectivity index (χ2n) is 7.00. The standard InChI is InChI=1S/C16H35N3O/c1-14(2)10-17-11-16-13-19(8-9-20-16)7-6-18(5)12-15(3)4/h14-17H,6-13H2,1-5H3. The molecule has 1 atom stereocenters. The minimum atomic E-state index is 0.359. The Hall–Kier alpha value is -0.160. The third kappa shape index (κ3) is 8.20. The van der Waals surface area contributed by atoms with E-state index in [1.165, 1.54) is 6.54 Å². The molecule has 0 spiro atoms. The van der Waals surface area contributed by atoms with Crippen molar-refractivity contribution < 1.29 is 4.74 Å². The Bertz CT molecular complexity index is 246. The average Bonchev–Trinajstić information content (AvgIpc) is 2.36. The lowest BCUT2D eigenvalue weighted by Gasteiger charge is -2.34. The number of likely N-dealkylation sites (N-methyl/N-ethyl adjacent to an activating group) is 1. The summed E-state index contributed by atoms with van der Waals surface area (Å²) in [6.45, 7) is 17.6. The number of nitrogens with one attached hydrogen (secondary N) is 1. The highest BCUT2D eigenvalue weighted by Gasteiger charge is 2.20. The van der Waals surface area contributed by atoms with Gasteiger partial charge in [0.15, 0.2) is 0 Å². The van der Waals surface area contributed by atoms with Crippen molar-refractivity contribution in [3.8, 4) is 0 Å². The van der Waals surface area contributed by atoms with Gasteiger partial charge in [0, 0.05) is 39.3 Å². The minimum absolute atomic E-state index is 0.359. The predicted octanol–water partition coefficient (Wildman–Crippen LogP) is 1.52. The molecule has 4 heteroatoms. The summed E-state index contributed by atoms with van der Waals surface area (Å²) in [4.78, 5) is 4.98. The van der Waals surface area contributed by atoms with Crippen LogP contribution in [0.4, 0.5) is 0 Å². The monoisotopic (exact) mass is 285 g/mol. The van der Waals surface area contributed by atoms with E-state index < -0.39 is 0 Å². The van der Waals surface area contributed by atoms with Crippen LogP contribution in [-0.4, -0.2) is 75.4 Å². The Balaban J connectivity index is 2.16. The van der Waals surface area contributed by atoms with Crippen molar-refractivity contribution in [2.24, 2.45) is 11.8 Å². The first-order valence-electron chi connectivity index (χ1n) is 8.20. The van der Waals surface area contributed by atoms with Gasteiger partial charge in [-0.1, -0.05) is 27.7 Å². The molecule has 4 nitrogen and oxygen atoms in total. The zero-order valence-corrected chi connectivity index (χ0v) is 14.2. The minimum Gasteiger partial charge on any atom is -0.374 e. The number of hydrogen-bond donors (Lipinski definition) is 1. The lowest BCUT2D eigenvalue weighted by molar-refractivity contribution is -0.0290. The predicted molar refractivity (Wildman–Crippen MR) is 86.2 cm³/mol. The maximum absolute atomic E-state index is 5.84. The van der Waals surface area contributed by atoms with Gasteiger partial charge in [0.05, 0.1) is 12.7 Å². The van der Waals surface area contributed by atoms with E-state index >= 15 is 0 Å². The van der Waals surface area contributed by atoms with E-state index in [0.29, 0.717) is 12.0 Å². The molecule has 0 amide bonds. The summed E-state index contributed by atoms with van der Waals surface area (Å²) in [6.07, 6.45) is 0.359. The van der Waals surface area contributed by atoms with Gasteiger partial charge in [-0.3, -0.25) is 4.90 Å². The summed E-state index contributed by atoms with van der Waals surface area (Å²) in [5.74, 6) is 1.46. The first-order valence-corrected chi connectivity index (χ1v) is 8.20. The van der Waals surface area contributed by atoms with Gasteiger partial charge in [-0.15, -0.1) is 0 Å². The first-order chi connectivity index (χ1) is 9.47. The Morgan fingerprint density at radius 2 is 2.00 bits per heavy atom. The molecule has 0 aliphatic carbocycles. The third-order valence-electron chi connectivity index (χ3n) is 3.62. The second kappa shape index (κ2) is 9.72. The van der Waals surface area contributed by atoms with Gasteiger partial charge in [0.25, 0.3) is 0 Å². The number of morpholine rings is 1. The molecule has 120 valence electrons. The third-order valence-corrected chi connectivity index (χ3v) is 3.62. The van der Waals surface area contributed by atoms with E-state index in [0.717, 1.165) is 51.8 Å². The van der Waals surface area contributed by atoms with Crippen LogP contribution in [0.25, 0.3) is 0 Å². The maximum Gasteiger partial charge on any atom is 0.0826 e. The van der Waals surface area contributed by atoms with Crippen molar-refractivity contribution in [2.45, 2.75) is 33.8 Å². The van der Waals surface area contributed by atoms with Crippen molar-refractivity contribution in [3.63, 3.8) is 0 Å². The summed E-state index contributed by atoms with van der Waals surface area (Å²) in [6, 6.07) is 0. The lowest BCUT2D eigenvalue weighted by Crippen LogP contribution is -2.48. The van der Waals surface area contributed by atoms with Gasteiger partial charge in [-0.25, -0.2) is 0 Å². The molecule has 1 unspecified atom stereocenters. The molecular formula is C16H35N3O. The fourth-order valence-corrected chi connectivity index (χ4v) is 2.67. The molecule has 0 aromatic carbocycles. The molecule has 1 N–H and O–H groups in total. The van der Waals surface area contributed by atoms with Gasteiger partial charge in [0.2, 0.25) is 0 Å². The van der Waals surface area contributed by atoms with E-state index in [1.54, 1.807) is 0 Å². The molecule has 0 aromatic rings. The Morgan fingerprint density at radius 1 is 1.25 bits per heavy atom. The van der Waals surface area contributed by atoms with Gasteiger partial charge < -0.3 is 15.0 Å². The summed E-state index contributed by atoms with van der Waals surface area (Å²) in [5.41, 5.74) is 0. The van der Waals surface area contributed by atoms with Crippen LogP contribution in [0.15, 0.2) is 0 Å². The van der Waals surface area contributed by atoms with Crippen LogP contribution in [0.1, 0.15) is 27.7 Å². The molecule has 1 rings (SSSR count). The zero-order valence-electron chi connectivity index (χ0n) is 14.2. The number of ether oxygens (including phenoxy) is 1. The summed E-state index contributed by atoms with van der Waals surface area (Å²) < 4.78 is 5.84. The normalized spacial score (nSPS) is 21.3. The van der Waals surface area contributed by atoms with Crippen molar-refractivity contribution in [1.29, 1.82) is 0 Å². The molecule has 0 radical (unpaired) electrons. The van der Waals surface area contributed by atoms with Crippen LogP contribution in [0, 0.1) is 11.8 Å². The van der Waals surface area contributed by atoms with E-state index in [1.807, 2.05) is 0 Å². The van der Waals surface area contributed by atoms with Crippen LogP contribution in [0.3, 0.4) is 0 Å². The van der Waals surface area contributed by atoms with Gasteiger partial charge >= 0.3 is 0 Å². The quantitative estimate of drug-likeness (QED) is 0.695. The van der Waals surface area contributed by atoms with Crippen LogP contribution in [0.2, 0.25) is 0 Å². The van der Waals surface area contributed by atoms with E-state index in [2.05, 4.69) is 49.9 Å². The smallest absolute Gasteiger partial charge is 0.0826 e. The number of hydrogen-bond acceptors (Lipinski definition) is 4. The van der Waals surface area contributed by atoms with Gasteiger partial charge in [-0.05, 0) is 25.4 Å². The molecule has 1 fully saturated rings. The lowest BCUT2D eigenvalue weighted by atomic mass is 10.2. The first kappa shape index (κ1) is 17.9. The van der Waals surface area contributed by atoms with E-state index in [9.17, 15) is 0 Å². The Morgan fingerprint density at radius 3 is 2.65 bits per heavy atom. The van der Waals surface area contributed by atoms with E-state index in [-0.39, 0.29) is 0 Å². The molecule has 20 heavy (non-hydrogen) atoms. The highest BCUT2D eigenvalue weighted by atomic mass is 16.5. The molecule has 1 heterocycles. The van der Waals surface area contributed by atoms with Crippen molar-refractivity contribution in [2.75, 3.05) is 59.5 Å². The fourth-order valence-electron chi connectivity index (χ4n) is 2.67. The van der Waals surface area contributed by atoms with Gasteiger partial charge in [-0.2, -0.15) is 0 Å². The highest BCUT2D eigenvalue weighted by Crippen LogP contribution is 2.05. The molecular weight excluding hydrogens is 250 g/mol. The van der Waals surface area contributed by atoms with Crippen LogP contribution >= 0.6 is 0 Å². The summed E-state index contributed by atoms with van der Waals surface area (Å²) in [5, 5.41) is 3.50. The van der Waals surface area contributed by atoms with Crippen LogP contribution in [-0.2, 0) is 4.74 Å². The van der Waals surface area contributed by atoms with Gasteiger partial charge in [0.1, 0.15) is 0 Å². The number of rotatable bonds is 9. The summed E-state index contributed by atoms with van der Waals surface area (Å²) >= 11 is 0. The van der Waals surface area contributed by atoms with Crippen LogP contribution < -0.4 is 5.32 Å². The van der Waals surface area contributed by atoms with Crippen molar-refractivity contribution in [3.05, 3.63) is 0 Å². The topological polar surface area (TPSA) is 27.7 Å². The molecule has 0 bridgehead atoms. The second-order valence-corrected chi connectivity index (χ2v) is 7.00. The average molecular weight is 285 g/mol. The van der Waals surface area contributed by atoms with Crippen LogP contribution in [0.5, 0.6) is 0 Å². The van der Waals surface area contributed by atoms with Crippen molar-refractivity contribution in [1.82, 2.24) is 15.1 Å². The largest absolute Gasteiger partial charge is 0.374 e. The fraction of sp³-hybridized carbons (Fsp3) is 1.00. The molecule has 1 aliphatic heterocycles. The van der Waals surface area contributed by atoms with Crippen molar-refractivity contribution >= 4 is 0 Å². The Kier molecular flexibility index (Phi) is 8.69. The zero-order chi connectivity index (χ0) is 15.0. The molecule has 0 aromatic heterocycles. The summed E-state index contributed by atoms with van der Waals surface area (Å²) in [7, 11) is 2.22.